The predicted octanol–water partition coefficient (Wildman–Crippen LogP) is 6.47. The molecule has 46 heavy (non-hydrogen) atoms. The summed E-state index contributed by atoms with van der Waals surface area (Å²) in [5, 5.41) is 0. The summed E-state index contributed by atoms with van der Waals surface area (Å²) in [6.45, 7) is 0.135. The van der Waals surface area contributed by atoms with E-state index in [1.165, 1.54) is 28.4 Å². The number of carbonyl (C=O) groups is 2. The molecule has 0 fully saturated rings. The third-order valence-corrected chi connectivity index (χ3v) is 8.41. The number of benzene rings is 4. The van der Waals surface area contributed by atoms with Crippen molar-refractivity contribution in [2.24, 2.45) is 0 Å². The van der Waals surface area contributed by atoms with Gasteiger partial charge in [-0.3, -0.25) is 9.59 Å². The van der Waals surface area contributed by atoms with Crippen LogP contribution in [0.3, 0.4) is 0 Å². The van der Waals surface area contributed by atoms with Gasteiger partial charge in [-0.15, -0.1) is 0 Å². The Morgan fingerprint density at radius 2 is 1.11 bits per heavy atom. The van der Waals surface area contributed by atoms with Gasteiger partial charge in [-0.25, -0.2) is 0 Å². The van der Waals surface area contributed by atoms with Crippen molar-refractivity contribution in [3.63, 3.8) is 0 Å². The van der Waals surface area contributed by atoms with Gasteiger partial charge in [0.25, 0.3) is 0 Å². The summed E-state index contributed by atoms with van der Waals surface area (Å²) in [5.74, 6) is 2.12. The zero-order chi connectivity index (χ0) is 32.5. The maximum absolute atomic E-state index is 14.2. The molecule has 0 aromatic heterocycles. The number of ether oxygens (including phenoxy) is 8. The Kier molecular flexibility index (Phi) is 8.36. The van der Waals surface area contributed by atoms with E-state index in [0.717, 1.165) is 11.1 Å². The summed E-state index contributed by atoms with van der Waals surface area (Å²) in [7, 11) is 9.11. The fourth-order valence-electron chi connectivity index (χ4n) is 6.11. The summed E-state index contributed by atoms with van der Waals surface area (Å²) in [4.78, 5) is 28.0. The SMILES string of the molecule is COc1ccc(C2CC(=O)c3c(cc(OC)c(-c4c(OC)cc5c(c4OC)C(=O)C(c4ccc(OC)cc4)CO5)c3OC)O2)cc1. The van der Waals surface area contributed by atoms with E-state index in [9.17, 15) is 9.59 Å². The molecular weight excluding hydrogens is 592 g/mol. The van der Waals surface area contributed by atoms with Crippen LogP contribution in [0.15, 0.2) is 60.7 Å². The van der Waals surface area contributed by atoms with Gasteiger partial charge in [0.1, 0.15) is 69.8 Å². The number of hydrogen-bond acceptors (Lipinski definition) is 10. The van der Waals surface area contributed by atoms with Gasteiger partial charge < -0.3 is 37.9 Å². The lowest BCUT2D eigenvalue weighted by Crippen LogP contribution is -2.27. The van der Waals surface area contributed by atoms with Crippen LogP contribution >= 0.6 is 0 Å². The number of Topliss-reactive ketones (excluding diaryl/α,β-unsaturated/α-hetero) is 2. The van der Waals surface area contributed by atoms with Crippen molar-refractivity contribution in [1.29, 1.82) is 0 Å². The van der Waals surface area contributed by atoms with E-state index in [-0.39, 0.29) is 47.2 Å². The Morgan fingerprint density at radius 3 is 1.63 bits per heavy atom. The van der Waals surface area contributed by atoms with Gasteiger partial charge in [-0.1, -0.05) is 24.3 Å². The second kappa shape index (κ2) is 12.5. The molecule has 10 nitrogen and oxygen atoms in total. The van der Waals surface area contributed by atoms with Crippen molar-refractivity contribution >= 4 is 11.6 Å². The highest BCUT2D eigenvalue weighted by Crippen LogP contribution is 2.56. The van der Waals surface area contributed by atoms with Gasteiger partial charge in [-0.2, -0.15) is 0 Å². The number of methoxy groups -OCH3 is 6. The number of carbonyl (C=O) groups excluding carboxylic acids is 2. The van der Waals surface area contributed by atoms with Gasteiger partial charge in [0.15, 0.2) is 11.6 Å². The van der Waals surface area contributed by atoms with E-state index in [1.54, 1.807) is 38.5 Å². The molecular formula is C36H34O10. The van der Waals surface area contributed by atoms with Gasteiger partial charge in [0.2, 0.25) is 0 Å². The second-order valence-corrected chi connectivity index (χ2v) is 10.7. The molecule has 2 heterocycles. The maximum Gasteiger partial charge on any atom is 0.181 e. The Labute approximate surface area is 266 Å². The van der Waals surface area contributed by atoms with Crippen molar-refractivity contribution < 1.29 is 47.5 Å². The molecule has 0 N–H and O–H groups in total. The van der Waals surface area contributed by atoms with Crippen LogP contribution in [0.1, 0.15) is 50.3 Å². The molecule has 0 aliphatic carbocycles. The first-order chi connectivity index (χ1) is 22.4. The summed E-state index contributed by atoms with van der Waals surface area (Å²) >= 11 is 0. The number of hydrogen-bond donors (Lipinski definition) is 0. The molecule has 2 aliphatic heterocycles. The molecule has 0 radical (unpaired) electrons. The molecule has 6 rings (SSSR count). The topological polar surface area (TPSA) is 108 Å². The Hall–Kier alpha value is -5.38. The average Bonchev–Trinajstić information content (AvgIpc) is 3.10. The number of ketones is 2. The van der Waals surface area contributed by atoms with Gasteiger partial charge in [-0.05, 0) is 35.4 Å². The number of rotatable bonds is 9. The highest BCUT2D eigenvalue weighted by Gasteiger charge is 2.40. The quantitative estimate of drug-likeness (QED) is 0.205. The van der Waals surface area contributed by atoms with Crippen LogP contribution in [0.5, 0.6) is 46.0 Å². The molecule has 2 aliphatic rings. The minimum Gasteiger partial charge on any atom is -0.497 e. The average molecular weight is 627 g/mol. The summed E-state index contributed by atoms with van der Waals surface area (Å²) in [6, 6.07) is 18.0. The van der Waals surface area contributed by atoms with E-state index in [4.69, 9.17) is 37.9 Å². The smallest absolute Gasteiger partial charge is 0.181 e. The summed E-state index contributed by atoms with van der Waals surface area (Å²) < 4.78 is 46.6. The predicted molar refractivity (Wildman–Crippen MR) is 169 cm³/mol. The lowest BCUT2D eigenvalue weighted by atomic mass is 9.85. The first kappa shape index (κ1) is 30.6. The highest BCUT2D eigenvalue weighted by atomic mass is 16.5. The molecule has 0 saturated carbocycles. The third-order valence-electron chi connectivity index (χ3n) is 8.41. The van der Waals surface area contributed by atoms with Crippen molar-refractivity contribution in [3.8, 4) is 57.1 Å². The molecule has 0 spiro atoms. The first-order valence-corrected chi connectivity index (χ1v) is 14.6. The maximum atomic E-state index is 14.2. The molecule has 0 amide bonds. The van der Waals surface area contributed by atoms with E-state index in [2.05, 4.69) is 0 Å². The van der Waals surface area contributed by atoms with Gasteiger partial charge in [0, 0.05) is 12.1 Å². The van der Waals surface area contributed by atoms with Crippen LogP contribution in [0.25, 0.3) is 11.1 Å². The molecule has 238 valence electrons. The molecule has 2 unspecified atom stereocenters. The lowest BCUT2D eigenvalue weighted by molar-refractivity contribution is 0.0842. The van der Waals surface area contributed by atoms with E-state index >= 15 is 0 Å². The van der Waals surface area contributed by atoms with Crippen molar-refractivity contribution in [2.75, 3.05) is 49.3 Å². The molecule has 2 atom stereocenters. The fourth-order valence-corrected chi connectivity index (χ4v) is 6.11. The second-order valence-electron chi connectivity index (χ2n) is 10.7. The standard InChI is InChI=1S/C36H34O10/c1-39-21-11-7-19(8-12-21)23-18-45-28-16-26(41-3)32(36(44-6)33(28)34(23)38)31-27(42-4)17-29-30(35(31)43-5)24(37)15-25(46-29)20-9-13-22(40-2)14-10-20/h7-14,16-17,23,25H,15,18H2,1-6H3. The minimum absolute atomic E-state index is 0.0791. The van der Waals surface area contributed by atoms with Crippen LogP contribution < -0.4 is 37.9 Å². The highest BCUT2D eigenvalue weighted by molar-refractivity contribution is 6.11. The fraction of sp³-hybridized carbons (Fsp3) is 0.278. The molecule has 10 heteroatoms. The first-order valence-electron chi connectivity index (χ1n) is 14.6. The molecule has 0 saturated heterocycles. The monoisotopic (exact) mass is 626 g/mol. The molecule has 0 bridgehead atoms. The van der Waals surface area contributed by atoms with E-state index in [1.807, 2.05) is 36.4 Å². The van der Waals surface area contributed by atoms with Gasteiger partial charge in [0.05, 0.1) is 66.1 Å². The van der Waals surface area contributed by atoms with Crippen LogP contribution in [0.2, 0.25) is 0 Å². The normalized spacial score (nSPS) is 16.7. The summed E-state index contributed by atoms with van der Waals surface area (Å²) in [5.41, 5.74) is 2.84. The van der Waals surface area contributed by atoms with Crippen LogP contribution in [0.4, 0.5) is 0 Å². The Morgan fingerprint density at radius 1 is 0.587 bits per heavy atom. The lowest BCUT2D eigenvalue weighted by Gasteiger charge is -2.30. The van der Waals surface area contributed by atoms with E-state index < -0.39 is 12.0 Å². The van der Waals surface area contributed by atoms with Crippen LogP contribution in [-0.2, 0) is 0 Å². The van der Waals surface area contributed by atoms with Crippen LogP contribution in [0, 0.1) is 0 Å². The molecule has 4 aromatic rings. The Bertz CT molecular complexity index is 1790. The van der Waals surface area contributed by atoms with Crippen molar-refractivity contribution in [2.45, 2.75) is 18.4 Å². The molecule has 4 aromatic carbocycles. The Balaban J connectivity index is 1.50. The van der Waals surface area contributed by atoms with E-state index in [0.29, 0.717) is 45.6 Å². The van der Waals surface area contributed by atoms with Crippen LogP contribution in [-0.4, -0.2) is 60.8 Å². The largest absolute Gasteiger partial charge is 0.497 e. The minimum atomic E-state index is -0.592. The summed E-state index contributed by atoms with van der Waals surface area (Å²) in [6.07, 6.45) is -0.445. The third kappa shape index (κ3) is 5.09. The zero-order valence-corrected chi connectivity index (χ0v) is 26.4. The zero-order valence-electron chi connectivity index (χ0n) is 26.4. The van der Waals surface area contributed by atoms with Gasteiger partial charge >= 0.3 is 0 Å². The van der Waals surface area contributed by atoms with Crippen molar-refractivity contribution in [1.82, 2.24) is 0 Å². The number of fused-ring (bicyclic) bond motifs is 2. The van der Waals surface area contributed by atoms with Crippen molar-refractivity contribution in [3.05, 3.63) is 82.9 Å².